The smallest absolute Gasteiger partial charge is 0.248 e. The summed E-state index contributed by atoms with van der Waals surface area (Å²) < 4.78 is 0. The number of nitrogens with two attached hydrogens (primary N) is 1. The minimum Gasteiger partial charge on any atom is -0.368 e. The number of aromatic nitrogens is 3. The van der Waals surface area contributed by atoms with E-state index in [2.05, 4.69) is 47.3 Å². The van der Waals surface area contributed by atoms with Crippen LogP contribution in [-0.2, 0) is 5.41 Å². The number of aromatic amines is 1. The molecular weight excluding hydrogens is 240 g/mol. The molecule has 2 aromatic rings. The molecule has 6 nitrogen and oxygen atoms in total. The standard InChI is InChI=1S/C13H16N6/c1-13(2,3)10-6-9(5-4-8(10)7-14)16-12-17-11(15)18-19-12/h4-6H,1-3H3,(H4,15,16,17,18,19). The van der Waals surface area contributed by atoms with Crippen LogP contribution in [0.2, 0.25) is 0 Å². The maximum atomic E-state index is 9.15. The van der Waals surface area contributed by atoms with Gasteiger partial charge in [0.1, 0.15) is 0 Å². The van der Waals surface area contributed by atoms with E-state index in [4.69, 9.17) is 11.0 Å². The monoisotopic (exact) mass is 256 g/mol. The maximum absolute atomic E-state index is 9.15. The van der Waals surface area contributed by atoms with E-state index in [1.807, 2.05) is 12.1 Å². The summed E-state index contributed by atoms with van der Waals surface area (Å²) in [5, 5.41) is 18.7. The molecule has 0 amide bonds. The van der Waals surface area contributed by atoms with Crippen LogP contribution in [0.25, 0.3) is 0 Å². The second-order valence-electron chi connectivity index (χ2n) is 5.29. The number of nitrogens with zero attached hydrogens (tertiary/aromatic N) is 3. The van der Waals surface area contributed by atoms with E-state index in [0.29, 0.717) is 11.5 Å². The molecule has 0 radical (unpaired) electrons. The summed E-state index contributed by atoms with van der Waals surface area (Å²) in [6, 6.07) is 7.76. The van der Waals surface area contributed by atoms with Gasteiger partial charge in [0.2, 0.25) is 11.9 Å². The van der Waals surface area contributed by atoms with Gasteiger partial charge in [0.05, 0.1) is 11.6 Å². The van der Waals surface area contributed by atoms with Crippen LogP contribution in [0.5, 0.6) is 0 Å². The van der Waals surface area contributed by atoms with Crippen molar-refractivity contribution in [3.05, 3.63) is 29.3 Å². The molecule has 0 aliphatic heterocycles. The van der Waals surface area contributed by atoms with E-state index in [1.54, 1.807) is 6.07 Å². The van der Waals surface area contributed by atoms with E-state index in [-0.39, 0.29) is 11.4 Å². The lowest BCUT2D eigenvalue weighted by atomic mass is 9.84. The Labute approximate surface area is 111 Å². The maximum Gasteiger partial charge on any atom is 0.248 e. The average Bonchev–Trinajstić information content (AvgIpc) is 2.73. The van der Waals surface area contributed by atoms with E-state index in [0.717, 1.165) is 11.3 Å². The Hall–Kier alpha value is -2.55. The lowest BCUT2D eigenvalue weighted by Crippen LogP contribution is -2.13. The number of nitrogens with one attached hydrogen (secondary N) is 2. The molecule has 0 bridgehead atoms. The fraction of sp³-hybridized carbons (Fsp3) is 0.308. The first-order valence-electron chi connectivity index (χ1n) is 5.89. The van der Waals surface area contributed by atoms with Gasteiger partial charge in [-0.15, -0.1) is 5.10 Å². The third-order valence-electron chi connectivity index (χ3n) is 2.71. The Bertz CT molecular complexity index is 629. The number of nitrogen functional groups attached to an aromatic ring is 1. The molecule has 1 heterocycles. The van der Waals surface area contributed by atoms with E-state index >= 15 is 0 Å². The Kier molecular flexibility index (Phi) is 3.13. The normalized spacial score (nSPS) is 11.1. The van der Waals surface area contributed by atoms with Gasteiger partial charge >= 0.3 is 0 Å². The van der Waals surface area contributed by atoms with E-state index in [1.165, 1.54) is 0 Å². The number of rotatable bonds is 2. The van der Waals surface area contributed by atoms with Gasteiger partial charge < -0.3 is 11.1 Å². The summed E-state index contributed by atoms with van der Waals surface area (Å²) in [6.07, 6.45) is 0. The van der Waals surface area contributed by atoms with Gasteiger partial charge in [-0.25, -0.2) is 5.10 Å². The van der Waals surface area contributed by atoms with Gasteiger partial charge in [-0.3, -0.25) is 0 Å². The Morgan fingerprint density at radius 1 is 1.37 bits per heavy atom. The zero-order chi connectivity index (χ0) is 14.0. The number of nitriles is 1. The Morgan fingerprint density at radius 3 is 2.63 bits per heavy atom. The number of hydrogen-bond acceptors (Lipinski definition) is 5. The van der Waals surface area contributed by atoms with Crippen LogP contribution in [0.4, 0.5) is 17.6 Å². The minimum absolute atomic E-state index is 0.110. The molecule has 0 saturated carbocycles. The van der Waals surface area contributed by atoms with Crippen molar-refractivity contribution in [2.24, 2.45) is 0 Å². The second-order valence-corrected chi connectivity index (χ2v) is 5.29. The van der Waals surface area contributed by atoms with Gasteiger partial charge in [-0.05, 0) is 29.2 Å². The highest BCUT2D eigenvalue weighted by atomic mass is 15.3. The molecule has 0 aliphatic carbocycles. The summed E-state index contributed by atoms with van der Waals surface area (Å²) in [7, 11) is 0. The lowest BCUT2D eigenvalue weighted by Gasteiger charge is -2.21. The van der Waals surface area contributed by atoms with Crippen LogP contribution in [0.15, 0.2) is 18.2 Å². The van der Waals surface area contributed by atoms with Crippen LogP contribution in [0.1, 0.15) is 31.9 Å². The molecule has 1 aromatic carbocycles. The van der Waals surface area contributed by atoms with Gasteiger partial charge in [-0.1, -0.05) is 20.8 Å². The number of hydrogen-bond donors (Lipinski definition) is 3. The van der Waals surface area contributed by atoms with Gasteiger partial charge in [0.15, 0.2) is 0 Å². The van der Waals surface area contributed by atoms with E-state index < -0.39 is 0 Å². The summed E-state index contributed by atoms with van der Waals surface area (Å²) in [5.41, 5.74) is 7.83. The molecule has 19 heavy (non-hydrogen) atoms. The third kappa shape index (κ3) is 2.83. The number of anilines is 3. The topological polar surface area (TPSA) is 103 Å². The predicted molar refractivity (Wildman–Crippen MR) is 73.9 cm³/mol. The summed E-state index contributed by atoms with van der Waals surface area (Å²) in [5.74, 6) is 0.661. The predicted octanol–water partition coefficient (Wildman–Crippen LogP) is 2.30. The molecule has 0 spiro atoms. The molecule has 0 fully saturated rings. The third-order valence-corrected chi connectivity index (χ3v) is 2.71. The first kappa shape index (κ1) is 12.9. The highest BCUT2D eigenvalue weighted by Crippen LogP contribution is 2.29. The zero-order valence-electron chi connectivity index (χ0n) is 11.2. The van der Waals surface area contributed by atoms with Gasteiger partial charge in [0, 0.05) is 5.69 Å². The molecule has 0 saturated heterocycles. The van der Waals surface area contributed by atoms with Crippen LogP contribution in [-0.4, -0.2) is 15.2 Å². The van der Waals surface area contributed by atoms with Crippen molar-refractivity contribution in [2.75, 3.05) is 11.1 Å². The van der Waals surface area contributed by atoms with Gasteiger partial charge in [-0.2, -0.15) is 10.2 Å². The molecule has 0 atom stereocenters. The first-order chi connectivity index (χ1) is 8.90. The summed E-state index contributed by atoms with van der Waals surface area (Å²) in [4.78, 5) is 3.98. The van der Waals surface area contributed by atoms with Crippen molar-refractivity contribution in [2.45, 2.75) is 26.2 Å². The van der Waals surface area contributed by atoms with Crippen LogP contribution < -0.4 is 11.1 Å². The first-order valence-corrected chi connectivity index (χ1v) is 5.89. The number of H-pyrrole nitrogens is 1. The SMILES string of the molecule is CC(C)(C)c1cc(Nc2n[nH]c(N)n2)ccc1C#N. The van der Waals surface area contributed by atoms with Crippen molar-refractivity contribution < 1.29 is 0 Å². The van der Waals surface area contributed by atoms with Gasteiger partial charge in [0.25, 0.3) is 0 Å². The molecule has 4 N–H and O–H groups in total. The summed E-state index contributed by atoms with van der Waals surface area (Å²) >= 11 is 0. The highest BCUT2D eigenvalue weighted by molar-refractivity contribution is 5.59. The highest BCUT2D eigenvalue weighted by Gasteiger charge is 2.18. The van der Waals surface area contributed by atoms with Crippen LogP contribution in [0.3, 0.4) is 0 Å². The molecule has 2 rings (SSSR count). The van der Waals surface area contributed by atoms with Crippen molar-refractivity contribution in [3.63, 3.8) is 0 Å². The zero-order valence-corrected chi connectivity index (χ0v) is 11.2. The fourth-order valence-corrected chi connectivity index (χ4v) is 1.80. The van der Waals surface area contributed by atoms with Crippen molar-refractivity contribution in [3.8, 4) is 6.07 Å². The molecule has 98 valence electrons. The largest absolute Gasteiger partial charge is 0.368 e. The fourth-order valence-electron chi connectivity index (χ4n) is 1.80. The molecule has 1 aromatic heterocycles. The Balaban J connectivity index is 2.36. The Morgan fingerprint density at radius 2 is 2.11 bits per heavy atom. The van der Waals surface area contributed by atoms with Crippen molar-refractivity contribution >= 4 is 17.6 Å². The molecule has 0 unspecified atom stereocenters. The second kappa shape index (κ2) is 4.61. The van der Waals surface area contributed by atoms with Crippen molar-refractivity contribution in [1.29, 1.82) is 5.26 Å². The molecule has 6 heteroatoms. The van der Waals surface area contributed by atoms with Crippen LogP contribution in [0, 0.1) is 11.3 Å². The van der Waals surface area contributed by atoms with Crippen LogP contribution >= 0.6 is 0 Å². The van der Waals surface area contributed by atoms with E-state index in [9.17, 15) is 0 Å². The molecular formula is C13H16N6. The summed E-state index contributed by atoms with van der Waals surface area (Å²) in [6.45, 7) is 6.20. The quantitative estimate of drug-likeness (QED) is 0.764. The molecule has 0 aliphatic rings. The van der Waals surface area contributed by atoms with Crippen molar-refractivity contribution in [1.82, 2.24) is 15.2 Å². The minimum atomic E-state index is -0.110. The lowest BCUT2D eigenvalue weighted by molar-refractivity contribution is 0.589. The number of benzene rings is 1. The average molecular weight is 256 g/mol.